The van der Waals surface area contributed by atoms with Crippen molar-refractivity contribution >= 4 is 50.1 Å². The van der Waals surface area contributed by atoms with Gasteiger partial charge in [-0.1, -0.05) is 65.9 Å². The van der Waals surface area contributed by atoms with E-state index in [0.29, 0.717) is 26.4 Å². The van der Waals surface area contributed by atoms with E-state index in [-0.39, 0.29) is 11.3 Å². The van der Waals surface area contributed by atoms with Gasteiger partial charge in [0.15, 0.2) is 16.5 Å². The summed E-state index contributed by atoms with van der Waals surface area (Å²) in [6.45, 7) is 0. The summed E-state index contributed by atoms with van der Waals surface area (Å²) in [5.74, 6) is 0.214. The van der Waals surface area contributed by atoms with Crippen LogP contribution in [0.1, 0.15) is 15.9 Å². The van der Waals surface area contributed by atoms with E-state index in [4.69, 9.17) is 9.47 Å². The molecule has 0 fully saturated rings. The van der Waals surface area contributed by atoms with Gasteiger partial charge in [0.1, 0.15) is 0 Å². The molecule has 0 spiro atoms. The number of imidazole rings is 1. The largest absolute Gasteiger partial charge is 0.493 e. The highest BCUT2D eigenvalue weighted by atomic mass is 32.1. The van der Waals surface area contributed by atoms with Gasteiger partial charge in [-0.2, -0.15) is 0 Å². The molecule has 0 amide bonds. The van der Waals surface area contributed by atoms with Crippen molar-refractivity contribution in [1.82, 2.24) is 9.38 Å². The fourth-order valence-corrected chi connectivity index (χ4v) is 5.17. The van der Waals surface area contributed by atoms with E-state index >= 15 is 0 Å². The number of ether oxygens (including phenoxy) is 2. The molecule has 6 nitrogen and oxygen atoms in total. The molecule has 7 heteroatoms. The molecule has 0 aliphatic heterocycles. The molecule has 35 heavy (non-hydrogen) atoms. The van der Waals surface area contributed by atoms with Gasteiger partial charge in [0.05, 0.1) is 28.2 Å². The van der Waals surface area contributed by atoms with Gasteiger partial charge in [0, 0.05) is 0 Å². The van der Waals surface area contributed by atoms with Crippen molar-refractivity contribution in [1.29, 1.82) is 0 Å². The van der Waals surface area contributed by atoms with Gasteiger partial charge in [-0.3, -0.25) is 4.79 Å². The Morgan fingerprint density at radius 3 is 2.63 bits per heavy atom. The summed E-state index contributed by atoms with van der Waals surface area (Å²) < 4.78 is 13.3. The molecule has 6 rings (SSSR count). The van der Waals surface area contributed by atoms with Crippen LogP contribution in [0.4, 0.5) is 0 Å². The molecule has 0 aliphatic rings. The number of hydrogen-bond acceptors (Lipinski definition) is 6. The Bertz CT molecular complexity index is 1860. The molecule has 0 unspecified atom stereocenters. The van der Waals surface area contributed by atoms with Crippen LogP contribution in [0.5, 0.6) is 11.5 Å². The number of esters is 1. The summed E-state index contributed by atoms with van der Waals surface area (Å²) in [5.41, 5.74) is 2.60. The van der Waals surface area contributed by atoms with Crippen LogP contribution in [0, 0.1) is 0 Å². The van der Waals surface area contributed by atoms with E-state index in [2.05, 4.69) is 4.98 Å². The summed E-state index contributed by atoms with van der Waals surface area (Å²) in [4.78, 5) is 31.4. The molecule has 0 N–H and O–H groups in total. The van der Waals surface area contributed by atoms with Gasteiger partial charge in [-0.25, -0.2) is 14.2 Å². The second-order valence-electron chi connectivity index (χ2n) is 7.96. The third-order valence-corrected chi connectivity index (χ3v) is 6.81. The first kappa shape index (κ1) is 21.1. The normalized spacial score (nSPS) is 12.0. The third kappa shape index (κ3) is 3.62. The van der Waals surface area contributed by atoms with Crippen LogP contribution < -0.4 is 19.6 Å². The van der Waals surface area contributed by atoms with E-state index in [1.54, 1.807) is 28.7 Å². The number of para-hydroxylation sites is 2. The fourth-order valence-electron chi connectivity index (χ4n) is 4.18. The van der Waals surface area contributed by atoms with Crippen molar-refractivity contribution in [3.63, 3.8) is 0 Å². The van der Waals surface area contributed by atoms with Crippen LogP contribution in [-0.4, -0.2) is 22.5 Å². The van der Waals surface area contributed by atoms with Crippen molar-refractivity contribution in [2.75, 3.05) is 7.11 Å². The number of benzene rings is 4. The van der Waals surface area contributed by atoms with Gasteiger partial charge in [0.2, 0.25) is 0 Å². The van der Waals surface area contributed by atoms with E-state index in [0.717, 1.165) is 21.8 Å². The Kier molecular flexibility index (Phi) is 5.04. The SMILES string of the molecule is COc1ccc(/C=c2\sc3nc4ccccc4n3c2=O)cc1OC(=O)c1cccc2ccccc12. The van der Waals surface area contributed by atoms with Crippen molar-refractivity contribution in [2.24, 2.45) is 0 Å². The molecule has 2 heterocycles. The van der Waals surface area contributed by atoms with Crippen LogP contribution in [-0.2, 0) is 0 Å². The second-order valence-corrected chi connectivity index (χ2v) is 8.97. The lowest BCUT2D eigenvalue weighted by atomic mass is 10.0. The molecule has 0 atom stereocenters. The van der Waals surface area contributed by atoms with Gasteiger partial charge in [-0.05, 0) is 52.7 Å². The average Bonchev–Trinajstić information content (AvgIpc) is 3.39. The molecule has 6 aromatic rings. The van der Waals surface area contributed by atoms with Crippen LogP contribution in [0.15, 0.2) is 89.7 Å². The fraction of sp³-hybridized carbons (Fsp3) is 0.0357. The first-order valence-electron chi connectivity index (χ1n) is 10.9. The Morgan fingerprint density at radius 1 is 0.943 bits per heavy atom. The minimum absolute atomic E-state index is 0.135. The molecule has 0 aliphatic carbocycles. The summed E-state index contributed by atoms with van der Waals surface area (Å²) >= 11 is 1.32. The minimum atomic E-state index is -0.483. The monoisotopic (exact) mass is 478 g/mol. The zero-order valence-corrected chi connectivity index (χ0v) is 19.4. The van der Waals surface area contributed by atoms with E-state index in [1.807, 2.05) is 66.7 Å². The molecular weight excluding hydrogens is 460 g/mol. The molecule has 0 saturated carbocycles. The highest BCUT2D eigenvalue weighted by Gasteiger charge is 2.16. The Balaban J connectivity index is 1.40. The van der Waals surface area contributed by atoms with Crippen LogP contribution in [0.3, 0.4) is 0 Å². The predicted octanol–water partition coefficient (Wildman–Crippen LogP) is 4.84. The number of fused-ring (bicyclic) bond motifs is 4. The molecule has 170 valence electrons. The quantitative estimate of drug-likeness (QED) is 0.268. The predicted molar refractivity (Wildman–Crippen MR) is 138 cm³/mol. The average molecular weight is 479 g/mol. The lowest BCUT2D eigenvalue weighted by Crippen LogP contribution is -2.22. The zero-order valence-electron chi connectivity index (χ0n) is 18.6. The first-order valence-corrected chi connectivity index (χ1v) is 11.7. The lowest BCUT2D eigenvalue weighted by Gasteiger charge is -2.11. The highest BCUT2D eigenvalue weighted by Crippen LogP contribution is 2.30. The van der Waals surface area contributed by atoms with Crippen LogP contribution >= 0.6 is 11.3 Å². The van der Waals surface area contributed by atoms with E-state index in [9.17, 15) is 9.59 Å². The summed E-state index contributed by atoms with van der Waals surface area (Å²) in [5, 5.41) is 1.76. The summed E-state index contributed by atoms with van der Waals surface area (Å²) in [6.07, 6.45) is 1.77. The van der Waals surface area contributed by atoms with Crippen molar-refractivity contribution in [3.8, 4) is 11.5 Å². The summed E-state index contributed by atoms with van der Waals surface area (Å²) in [6, 6.07) is 25.9. The smallest absolute Gasteiger partial charge is 0.344 e. The van der Waals surface area contributed by atoms with Crippen LogP contribution in [0.25, 0.3) is 32.8 Å². The maximum atomic E-state index is 13.1. The first-order chi connectivity index (χ1) is 17.1. The van der Waals surface area contributed by atoms with Crippen LogP contribution in [0.2, 0.25) is 0 Å². The standard InChI is InChI=1S/C28H18N2O4S/c1-33-23-14-13-17(16-25-26(31)30-22-12-5-4-11-21(22)29-28(30)35-25)15-24(23)34-27(32)20-10-6-8-18-7-2-3-9-19(18)20/h2-16H,1H3/b25-16-. The second kappa shape index (κ2) is 8.38. The Morgan fingerprint density at radius 2 is 1.74 bits per heavy atom. The van der Waals surface area contributed by atoms with Gasteiger partial charge < -0.3 is 9.47 Å². The van der Waals surface area contributed by atoms with E-state index in [1.165, 1.54) is 18.4 Å². The highest BCUT2D eigenvalue weighted by molar-refractivity contribution is 7.15. The van der Waals surface area contributed by atoms with Crippen molar-refractivity contribution in [2.45, 2.75) is 0 Å². The summed E-state index contributed by atoms with van der Waals surface area (Å²) in [7, 11) is 1.52. The Labute approximate surface area is 203 Å². The molecule has 2 aromatic heterocycles. The third-order valence-electron chi connectivity index (χ3n) is 5.84. The molecular formula is C28H18N2O4S. The number of methoxy groups -OCH3 is 1. The topological polar surface area (TPSA) is 69.9 Å². The number of thiazole rings is 1. The maximum Gasteiger partial charge on any atom is 0.344 e. The Hall–Kier alpha value is -4.49. The molecule has 0 saturated heterocycles. The number of aromatic nitrogens is 2. The lowest BCUT2D eigenvalue weighted by molar-refractivity contribution is 0.0732. The van der Waals surface area contributed by atoms with Crippen molar-refractivity contribution in [3.05, 3.63) is 111 Å². The number of nitrogens with zero attached hydrogens (tertiary/aromatic N) is 2. The number of rotatable bonds is 4. The molecule has 4 aromatic carbocycles. The van der Waals surface area contributed by atoms with Crippen molar-refractivity contribution < 1.29 is 14.3 Å². The number of carbonyl (C=O) groups is 1. The molecule has 0 radical (unpaired) electrons. The zero-order chi connectivity index (χ0) is 23.9. The van der Waals surface area contributed by atoms with Gasteiger partial charge >= 0.3 is 5.97 Å². The van der Waals surface area contributed by atoms with Gasteiger partial charge in [-0.15, -0.1) is 0 Å². The number of carbonyl (C=O) groups excluding carboxylic acids is 1. The minimum Gasteiger partial charge on any atom is -0.493 e. The van der Waals surface area contributed by atoms with Gasteiger partial charge in [0.25, 0.3) is 5.56 Å². The maximum absolute atomic E-state index is 13.1. The number of hydrogen-bond donors (Lipinski definition) is 0. The molecule has 0 bridgehead atoms. The van der Waals surface area contributed by atoms with E-state index < -0.39 is 5.97 Å².